The molecule has 0 bridgehead atoms. The summed E-state index contributed by atoms with van der Waals surface area (Å²) in [7, 11) is 0. The highest BCUT2D eigenvalue weighted by molar-refractivity contribution is 5.95. The Bertz CT molecular complexity index is 1130. The number of nitrogens with one attached hydrogen (secondary N) is 1. The van der Waals surface area contributed by atoms with Gasteiger partial charge in [0.05, 0.1) is 11.3 Å². The van der Waals surface area contributed by atoms with Crippen molar-refractivity contribution in [2.24, 2.45) is 0 Å². The summed E-state index contributed by atoms with van der Waals surface area (Å²) in [5.74, 6) is 6.24. The van der Waals surface area contributed by atoms with E-state index < -0.39 is 0 Å². The number of carbonyl (C=O) groups excluding carboxylic acids is 1. The van der Waals surface area contributed by atoms with Crippen LogP contribution in [0.4, 0.5) is 0 Å². The molecular weight excluding hydrogens is 360 g/mol. The Balaban J connectivity index is 1.57. The highest BCUT2D eigenvalue weighted by atomic mass is 16.1. The number of amides is 1. The zero-order valence-electron chi connectivity index (χ0n) is 15.8. The van der Waals surface area contributed by atoms with E-state index in [2.05, 4.69) is 22.3 Å². The minimum absolute atomic E-state index is 0.119. The molecular formula is C24H20N4O. The van der Waals surface area contributed by atoms with E-state index in [4.69, 9.17) is 0 Å². The molecule has 1 N–H and O–H groups in total. The molecule has 2 heterocycles. The molecule has 29 heavy (non-hydrogen) atoms. The van der Waals surface area contributed by atoms with Gasteiger partial charge in [-0.3, -0.25) is 4.79 Å². The molecule has 0 saturated heterocycles. The lowest BCUT2D eigenvalue weighted by atomic mass is 10.1. The van der Waals surface area contributed by atoms with E-state index in [1.807, 2.05) is 83.8 Å². The largest absolute Gasteiger partial charge is 0.353 e. The molecule has 4 rings (SSSR count). The molecule has 0 aliphatic carbocycles. The standard InChI is InChI=1S/C24H20N4O/c29-24(25-14-18-27-15-4-5-16-27)22-11-12-23(28-17-6-13-26-28)21(19-22)10-9-20-7-2-1-3-8-20/h1-8,11-13,15-17,19H,14,18H2,(H,25,29). The molecule has 0 aliphatic rings. The van der Waals surface area contributed by atoms with Crippen LogP contribution in [0.2, 0.25) is 0 Å². The molecule has 5 nitrogen and oxygen atoms in total. The van der Waals surface area contributed by atoms with Crippen LogP contribution >= 0.6 is 0 Å². The smallest absolute Gasteiger partial charge is 0.251 e. The minimum Gasteiger partial charge on any atom is -0.353 e. The average molecular weight is 380 g/mol. The predicted molar refractivity (Wildman–Crippen MR) is 113 cm³/mol. The average Bonchev–Trinajstić information content (AvgIpc) is 3.47. The van der Waals surface area contributed by atoms with Crippen LogP contribution in [0.3, 0.4) is 0 Å². The quantitative estimate of drug-likeness (QED) is 0.539. The van der Waals surface area contributed by atoms with Crippen LogP contribution in [0.5, 0.6) is 0 Å². The number of aromatic nitrogens is 3. The van der Waals surface area contributed by atoms with Gasteiger partial charge in [0.15, 0.2) is 0 Å². The summed E-state index contributed by atoms with van der Waals surface area (Å²) < 4.78 is 3.78. The molecule has 142 valence electrons. The van der Waals surface area contributed by atoms with E-state index >= 15 is 0 Å². The van der Waals surface area contributed by atoms with E-state index in [1.165, 1.54) is 0 Å². The molecule has 2 aromatic heterocycles. The lowest BCUT2D eigenvalue weighted by molar-refractivity contribution is 0.0952. The van der Waals surface area contributed by atoms with Crippen molar-refractivity contribution in [1.29, 1.82) is 0 Å². The van der Waals surface area contributed by atoms with Crippen molar-refractivity contribution in [3.05, 3.63) is 108 Å². The van der Waals surface area contributed by atoms with Gasteiger partial charge < -0.3 is 9.88 Å². The van der Waals surface area contributed by atoms with Gasteiger partial charge in [0.1, 0.15) is 0 Å². The second kappa shape index (κ2) is 8.77. The third-order valence-electron chi connectivity index (χ3n) is 4.45. The van der Waals surface area contributed by atoms with Crippen LogP contribution in [-0.4, -0.2) is 26.8 Å². The summed E-state index contributed by atoms with van der Waals surface area (Å²) in [6.45, 7) is 1.28. The van der Waals surface area contributed by atoms with Gasteiger partial charge in [-0.25, -0.2) is 4.68 Å². The van der Waals surface area contributed by atoms with Gasteiger partial charge in [-0.1, -0.05) is 30.0 Å². The maximum atomic E-state index is 12.6. The van der Waals surface area contributed by atoms with Crippen molar-refractivity contribution >= 4 is 5.91 Å². The number of benzene rings is 2. The zero-order chi connectivity index (χ0) is 19.9. The Morgan fingerprint density at radius 3 is 2.52 bits per heavy atom. The Kier molecular flexibility index (Phi) is 5.54. The minimum atomic E-state index is -0.119. The molecule has 0 unspecified atom stereocenters. The fourth-order valence-electron chi connectivity index (χ4n) is 2.97. The van der Waals surface area contributed by atoms with Crippen LogP contribution in [0.15, 0.2) is 91.5 Å². The molecule has 0 spiro atoms. The fraction of sp³-hybridized carbons (Fsp3) is 0.0833. The lowest BCUT2D eigenvalue weighted by Crippen LogP contribution is -2.27. The van der Waals surface area contributed by atoms with Gasteiger partial charge >= 0.3 is 0 Å². The first-order valence-corrected chi connectivity index (χ1v) is 9.40. The monoisotopic (exact) mass is 380 g/mol. The van der Waals surface area contributed by atoms with Crippen LogP contribution in [0.1, 0.15) is 21.5 Å². The maximum Gasteiger partial charge on any atom is 0.251 e. The second-order valence-corrected chi connectivity index (χ2v) is 6.48. The highest BCUT2D eigenvalue weighted by Gasteiger charge is 2.10. The summed E-state index contributed by atoms with van der Waals surface area (Å²) in [4.78, 5) is 12.6. The van der Waals surface area contributed by atoms with E-state index in [0.29, 0.717) is 12.1 Å². The van der Waals surface area contributed by atoms with Gasteiger partial charge in [0.2, 0.25) is 0 Å². The summed E-state index contributed by atoms with van der Waals surface area (Å²) >= 11 is 0. The topological polar surface area (TPSA) is 51.9 Å². The van der Waals surface area contributed by atoms with E-state index in [9.17, 15) is 4.79 Å². The third-order valence-corrected chi connectivity index (χ3v) is 4.45. The van der Waals surface area contributed by atoms with E-state index in [0.717, 1.165) is 23.4 Å². The zero-order valence-corrected chi connectivity index (χ0v) is 15.8. The van der Waals surface area contributed by atoms with Crippen LogP contribution in [0.25, 0.3) is 5.69 Å². The Morgan fingerprint density at radius 2 is 1.76 bits per heavy atom. The number of nitrogens with zero attached hydrogens (tertiary/aromatic N) is 3. The van der Waals surface area contributed by atoms with E-state index in [1.54, 1.807) is 16.9 Å². The van der Waals surface area contributed by atoms with Crippen molar-refractivity contribution < 1.29 is 4.79 Å². The van der Waals surface area contributed by atoms with Gasteiger partial charge in [-0.2, -0.15) is 5.10 Å². The van der Waals surface area contributed by atoms with Crippen molar-refractivity contribution in [2.45, 2.75) is 6.54 Å². The third kappa shape index (κ3) is 4.63. The first kappa shape index (κ1) is 18.3. The molecule has 0 aliphatic heterocycles. The molecule has 4 aromatic rings. The number of rotatable bonds is 5. The van der Waals surface area contributed by atoms with E-state index in [-0.39, 0.29) is 5.91 Å². The predicted octanol–water partition coefficient (Wildman–Crippen LogP) is 3.50. The Hall–Kier alpha value is -4.04. The molecule has 0 fully saturated rings. The molecule has 1 amide bonds. The lowest BCUT2D eigenvalue weighted by Gasteiger charge is -2.09. The number of carbonyl (C=O) groups is 1. The molecule has 0 radical (unpaired) electrons. The molecule has 2 aromatic carbocycles. The van der Waals surface area contributed by atoms with Crippen molar-refractivity contribution in [1.82, 2.24) is 19.7 Å². The number of hydrogen-bond acceptors (Lipinski definition) is 2. The van der Waals surface area contributed by atoms with Crippen molar-refractivity contribution in [3.63, 3.8) is 0 Å². The SMILES string of the molecule is O=C(NCCn1cccc1)c1ccc(-n2cccn2)c(C#Cc2ccccc2)c1. The normalized spacial score (nSPS) is 10.2. The fourth-order valence-corrected chi connectivity index (χ4v) is 2.97. The Labute approximate surface area is 169 Å². The van der Waals surface area contributed by atoms with Gasteiger partial charge in [0, 0.05) is 49.0 Å². The van der Waals surface area contributed by atoms with Crippen LogP contribution in [-0.2, 0) is 6.54 Å². The first-order valence-electron chi connectivity index (χ1n) is 9.40. The van der Waals surface area contributed by atoms with Crippen molar-refractivity contribution in [2.75, 3.05) is 6.54 Å². The highest BCUT2D eigenvalue weighted by Crippen LogP contribution is 2.16. The molecule has 0 saturated carbocycles. The van der Waals surface area contributed by atoms with Crippen LogP contribution in [0, 0.1) is 11.8 Å². The Morgan fingerprint density at radius 1 is 0.931 bits per heavy atom. The summed E-state index contributed by atoms with van der Waals surface area (Å²) in [6, 6.07) is 21.1. The number of hydrogen-bond donors (Lipinski definition) is 1. The van der Waals surface area contributed by atoms with Gasteiger partial charge in [0.25, 0.3) is 5.91 Å². The summed E-state index contributed by atoms with van der Waals surface area (Å²) in [6.07, 6.45) is 7.53. The second-order valence-electron chi connectivity index (χ2n) is 6.48. The summed E-state index contributed by atoms with van der Waals surface area (Å²) in [5, 5.41) is 7.26. The van der Waals surface area contributed by atoms with Gasteiger partial charge in [-0.15, -0.1) is 0 Å². The van der Waals surface area contributed by atoms with Gasteiger partial charge in [-0.05, 0) is 48.5 Å². The maximum absolute atomic E-state index is 12.6. The van der Waals surface area contributed by atoms with Crippen LogP contribution < -0.4 is 5.32 Å². The molecule has 0 atom stereocenters. The first-order chi connectivity index (χ1) is 14.3. The molecule has 5 heteroatoms. The van der Waals surface area contributed by atoms with Crippen molar-refractivity contribution in [3.8, 4) is 17.5 Å². The summed E-state index contributed by atoms with van der Waals surface area (Å²) in [5.41, 5.74) is 3.07.